The molecule has 0 radical (unpaired) electrons. The predicted octanol–water partition coefficient (Wildman–Crippen LogP) is 8.66. The van der Waals surface area contributed by atoms with Gasteiger partial charge in [0.1, 0.15) is 5.65 Å². The van der Waals surface area contributed by atoms with Gasteiger partial charge in [0.05, 0.1) is 11.5 Å². The van der Waals surface area contributed by atoms with E-state index in [0.717, 1.165) is 72.9 Å². The molecule has 1 N–H and O–H groups in total. The Kier molecular flexibility index (Phi) is 8.60. The Morgan fingerprint density at radius 3 is 2.33 bits per heavy atom. The van der Waals surface area contributed by atoms with E-state index in [1.165, 1.54) is 18.9 Å². The number of carbonyl (C=O) groups is 1. The lowest BCUT2D eigenvalue weighted by Gasteiger charge is -2.26. The van der Waals surface area contributed by atoms with Gasteiger partial charge in [-0.15, -0.1) is 0 Å². The second-order valence-electron chi connectivity index (χ2n) is 12.4. The Morgan fingerprint density at radius 2 is 1.63 bits per heavy atom. The first-order chi connectivity index (χ1) is 20.8. The maximum atomic E-state index is 14.1. The van der Waals surface area contributed by atoms with Crippen LogP contribution in [0.4, 0.5) is 13.2 Å². The molecule has 2 aromatic heterocycles. The van der Waals surface area contributed by atoms with Crippen LogP contribution in [0, 0.1) is 12.8 Å². The molecule has 0 spiro atoms. The van der Waals surface area contributed by atoms with E-state index in [0.29, 0.717) is 30.9 Å². The van der Waals surface area contributed by atoms with Gasteiger partial charge >= 0.3 is 6.18 Å². The van der Waals surface area contributed by atoms with Crippen molar-refractivity contribution in [2.45, 2.75) is 96.3 Å². The minimum Gasteiger partial charge on any atom is -0.351 e. The number of fused-ring (bicyclic) bond motifs is 3. The third kappa shape index (κ3) is 6.36. The number of hydrogen-bond donors (Lipinski definition) is 1. The zero-order chi connectivity index (χ0) is 30.0. The first-order valence-electron chi connectivity index (χ1n) is 15.8. The monoisotopic (exact) mass is 587 g/mol. The molecule has 4 aromatic rings. The van der Waals surface area contributed by atoms with E-state index in [1.54, 1.807) is 6.92 Å². The molecule has 0 aliphatic heterocycles. The van der Waals surface area contributed by atoms with Gasteiger partial charge in [0.15, 0.2) is 0 Å². The average Bonchev–Trinajstić information content (AvgIpc) is 3.13. The Morgan fingerprint density at radius 1 is 0.930 bits per heavy atom. The largest absolute Gasteiger partial charge is 0.417 e. The number of carbonyl (C=O) groups excluding carboxylic acids is 1. The smallest absolute Gasteiger partial charge is 0.351 e. The maximum absolute atomic E-state index is 14.1. The number of benzene rings is 2. The minimum absolute atomic E-state index is 0.0633. The Balaban J connectivity index is 1.31. The minimum atomic E-state index is -4.43. The molecule has 0 bridgehead atoms. The summed E-state index contributed by atoms with van der Waals surface area (Å²) in [6, 6.07) is 19.4. The molecule has 2 aliphatic carbocycles. The molecular formula is C36H40F3N3O. The van der Waals surface area contributed by atoms with Gasteiger partial charge in [-0.3, -0.25) is 4.79 Å². The topological polar surface area (TPSA) is 46.9 Å². The van der Waals surface area contributed by atoms with Crippen molar-refractivity contribution in [2.75, 3.05) is 0 Å². The van der Waals surface area contributed by atoms with Crippen LogP contribution in [0.2, 0.25) is 0 Å². The lowest BCUT2D eigenvalue weighted by molar-refractivity contribution is -0.136. The normalized spacial score (nSPS) is 16.9. The summed E-state index contributed by atoms with van der Waals surface area (Å²) >= 11 is 0. The zero-order valence-electron chi connectivity index (χ0n) is 24.9. The number of aromatic nitrogens is 2. The van der Waals surface area contributed by atoms with Gasteiger partial charge in [0.25, 0.3) is 0 Å². The molecule has 226 valence electrons. The van der Waals surface area contributed by atoms with E-state index in [-0.39, 0.29) is 23.1 Å². The van der Waals surface area contributed by atoms with Gasteiger partial charge in [0.2, 0.25) is 5.91 Å². The molecule has 7 heteroatoms. The first kappa shape index (κ1) is 29.5. The van der Waals surface area contributed by atoms with Crippen LogP contribution in [-0.4, -0.2) is 15.5 Å². The standard InChI is InChI=1S/C36H40F3N3O/c1-24-21-30(36(37,38)39)33-29-15-9-10-16-31(29)42(34(33)41-24)23-26-17-19-28(20-18-26)32(27-13-7-2-3-8-14-27)35(43)40-22-25-11-5-4-6-12-25/h4-6,11-12,17-21,27,32H,2-3,7-10,13-16,22-23H2,1H3,(H,40,43). The summed E-state index contributed by atoms with van der Waals surface area (Å²) in [5.41, 5.74) is 5.09. The summed E-state index contributed by atoms with van der Waals surface area (Å²) in [5, 5.41) is 3.47. The van der Waals surface area contributed by atoms with Gasteiger partial charge in [-0.2, -0.15) is 13.2 Å². The van der Waals surface area contributed by atoms with Gasteiger partial charge in [-0.25, -0.2) is 4.98 Å². The maximum Gasteiger partial charge on any atom is 0.417 e. The van der Waals surface area contributed by atoms with Gasteiger partial charge in [0, 0.05) is 29.9 Å². The Bertz CT molecular complexity index is 1570. The van der Waals surface area contributed by atoms with Crippen molar-refractivity contribution in [3.05, 3.63) is 99.9 Å². The number of pyridine rings is 1. The summed E-state index contributed by atoms with van der Waals surface area (Å²) in [5.74, 6) is 0.125. The second kappa shape index (κ2) is 12.6. The molecular weight excluding hydrogens is 547 g/mol. The van der Waals surface area contributed by atoms with E-state index >= 15 is 0 Å². The van der Waals surface area contributed by atoms with E-state index in [9.17, 15) is 18.0 Å². The van der Waals surface area contributed by atoms with E-state index < -0.39 is 11.7 Å². The Hall–Kier alpha value is -3.61. The van der Waals surface area contributed by atoms with Crippen molar-refractivity contribution < 1.29 is 18.0 Å². The number of alkyl halides is 3. The van der Waals surface area contributed by atoms with Crippen LogP contribution in [0.15, 0.2) is 60.7 Å². The number of rotatable bonds is 7. The highest BCUT2D eigenvalue weighted by atomic mass is 19.4. The second-order valence-corrected chi connectivity index (χ2v) is 12.4. The first-order valence-corrected chi connectivity index (χ1v) is 15.8. The summed E-state index contributed by atoms with van der Waals surface area (Å²) in [7, 11) is 0. The van der Waals surface area contributed by atoms with Crippen molar-refractivity contribution in [3.8, 4) is 0 Å². The highest BCUT2D eigenvalue weighted by molar-refractivity contribution is 5.87. The number of nitrogens with zero attached hydrogens (tertiary/aromatic N) is 2. The lowest BCUT2D eigenvalue weighted by Crippen LogP contribution is -2.33. The highest BCUT2D eigenvalue weighted by Crippen LogP contribution is 2.41. The molecule has 1 saturated carbocycles. The lowest BCUT2D eigenvalue weighted by atomic mass is 9.80. The molecule has 4 nitrogen and oxygen atoms in total. The van der Waals surface area contributed by atoms with Crippen molar-refractivity contribution in [1.29, 1.82) is 0 Å². The van der Waals surface area contributed by atoms with E-state index in [4.69, 9.17) is 0 Å². The van der Waals surface area contributed by atoms with Crippen molar-refractivity contribution in [2.24, 2.45) is 5.92 Å². The van der Waals surface area contributed by atoms with Gasteiger partial charge < -0.3 is 9.88 Å². The number of amides is 1. The predicted molar refractivity (Wildman–Crippen MR) is 164 cm³/mol. The number of hydrogen-bond acceptors (Lipinski definition) is 2. The summed E-state index contributed by atoms with van der Waals surface area (Å²) < 4.78 is 44.5. The molecule has 1 atom stereocenters. The van der Waals surface area contributed by atoms with Crippen LogP contribution >= 0.6 is 0 Å². The van der Waals surface area contributed by atoms with Crippen LogP contribution < -0.4 is 5.32 Å². The van der Waals surface area contributed by atoms with E-state index in [1.807, 2.05) is 47.0 Å². The SMILES string of the molecule is Cc1cc(C(F)(F)F)c2c3c(n(Cc4ccc(C(C(=O)NCc5ccccc5)C5CCCCCC5)cc4)c2n1)CCCC3. The fourth-order valence-electron chi connectivity index (χ4n) is 7.32. The highest BCUT2D eigenvalue weighted by Gasteiger charge is 2.37. The molecule has 2 heterocycles. The molecule has 1 amide bonds. The van der Waals surface area contributed by atoms with Crippen LogP contribution in [0.3, 0.4) is 0 Å². The van der Waals surface area contributed by atoms with Crippen LogP contribution in [0.25, 0.3) is 11.0 Å². The molecule has 2 aromatic carbocycles. The summed E-state index contributed by atoms with van der Waals surface area (Å²) in [6.45, 7) is 2.59. The molecule has 1 unspecified atom stereocenters. The molecule has 2 aliphatic rings. The third-order valence-electron chi connectivity index (χ3n) is 9.40. The number of halogens is 3. The molecule has 0 saturated heterocycles. The fourth-order valence-corrected chi connectivity index (χ4v) is 7.32. The molecule has 43 heavy (non-hydrogen) atoms. The number of nitrogens with one attached hydrogen (secondary N) is 1. The van der Waals surface area contributed by atoms with Crippen LogP contribution in [-0.2, 0) is 36.9 Å². The molecule has 1 fully saturated rings. The van der Waals surface area contributed by atoms with Crippen LogP contribution in [0.1, 0.15) is 96.5 Å². The van der Waals surface area contributed by atoms with Crippen LogP contribution in [0.5, 0.6) is 0 Å². The third-order valence-corrected chi connectivity index (χ3v) is 9.40. The van der Waals surface area contributed by atoms with Crippen molar-refractivity contribution in [1.82, 2.24) is 14.9 Å². The van der Waals surface area contributed by atoms with Gasteiger partial charge in [-0.1, -0.05) is 80.3 Å². The average molecular weight is 588 g/mol. The zero-order valence-corrected chi connectivity index (χ0v) is 24.9. The molecule has 6 rings (SSSR count). The summed E-state index contributed by atoms with van der Waals surface area (Å²) in [4.78, 5) is 18.4. The summed E-state index contributed by atoms with van der Waals surface area (Å²) in [6.07, 6.45) is 5.62. The Labute approximate surface area is 251 Å². The number of aryl methyl sites for hydroxylation is 2. The van der Waals surface area contributed by atoms with E-state index in [2.05, 4.69) is 22.4 Å². The quantitative estimate of drug-likeness (QED) is 0.220. The van der Waals surface area contributed by atoms with Crippen molar-refractivity contribution >= 4 is 16.9 Å². The fraction of sp³-hybridized carbons (Fsp3) is 0.444. The van der Waals surface area contributed by atoms with Gasteiger partial charge in [-0.05, 0) is 79.7 Å². The van der Waals surface area contributed by atoms with Crippen molar-refractivity contribution in [3.63, 3.8) is 0 Å².